The van der Waals surface area contributed by atoms with Crippen LogP contribution in [0, 0.1) is 5.41 Å². The molecule has 0 bridgehead atoms. The van der Waals surface area contributed by atoms with Gasteiger partial charge in [0.05, 0.1) is 12.5 Å². The zero-order valence-electron chi connectivity index (χ0n) is 11.6. The number of carboxylic acid groups (broad SMARTS) is 1. The molecule has 0 amide bonds. The van der Waals surface area contributed by atoms with Gasteiger partial charge in [-0.15, -0.1) is 0 Å². The van der Waals surface area contributed by atoms with E-state index < -0.39 is 11.4 Å². The summed E-state index contributed by atoms with van der Waals surface area (Å²) in [5.41, 5.74) is 5.55. The number of carboxylic acids is 1. The fraction of sp³-hybridized carbons (Fsp3) is 0.500. The first-order valence-corrected chi connectivity index (χ1v) is 6.14. The van der Waals surface area contributed by atoms with E-state index in [2.05, 4.69) is 0 Å². The lowest BCUT2D eigenvalue weighted by atomic mass is 9.95. The molecule has 0 unspecified atom stereocenters. The first kappa shape index (κ1) is 15.3. The molecular formula is C14H21NO4. The molecule has 0 heterocycles. The summed E-state index contributed by atoms with van der Waals surface area (Å²) >= 11 is 0. The highest BCUT2D eigenvalue weighted by Crippen LogP contribution is 2.26. The van der Waals surface area contributed by atoms with Gasteiger partial charge in [0.15, 0.2) is 0 Å². The summed E-state index contributed by atoms with van der Waals surface area (Å²) in [5, 5.41) is 9.05. The molecule has 19 heavy (non-hydrogen) atoms. The third-order valence-electron chi connectivity index (χ3n) is 2.85. The minimum atomic E-state index is -0.931. The first-order chi connectivity index (χ1) is 8.90. The van der Waals surface area contributed by atoms with Gasteiger partial charge in [-0.3, -0.25) is 4.79 Å². The highest BCUT2D eigenvalue weighted by molar-refractivity contribution is 5.73. The van der Waals surface area contributed by atoms with Gasteiger partial charge in [0, 0.05) is 0 Å². The summed E-state index contributed by atoms with van der Waals surface area (Å²) in [6.07, 6.45) is 0.653. The normalized spacial score (nSPS) is 11.2. The maximum Gasteiger partial charge on any atom is 0.312 e. The number of methoxy groups -OCH3 is 1. The monoisotopic (exact) mass is 267 g/mol. The van der Waals surface area contributed by atoms with Crippen molar-refractivity contribution in [1.82, 2.24) is 0 Å². The van der Waals surface area contributed by atoms with Crippen molar-refractivity contribution in [3.05, 3.63) is 23.8 Å². The van der Waals surface area contributed by atoms with E-state index in [-0.39, 0.29) is 6.61 Å². The van der Waals surface area contributed by atoms with Crippen molar-refractivity contribution in [2.24, 2.45) is 11.1 Å². The van der Waals surface area contributed by atoms with Gasteiger partial charge < -0.3 is 20.3 Å². The smallest absolute Gasteiger partial charge is 0.312 e. The Morgan fingerprint density at radius 3 is 2.63 bits per heavy atom. The Balaban J connectivity index is 2.85. The Labute approximate surface area is 113 Å². The number of nitrogens with two attached hydrogens (primary N) is 1. The quantitative estimate of drug-likeness (QED) is 0.785. The van der Waals surface area contributed by atoms with Crippen molar-refractivity contribution in [2.45, 2.75) is 20.3 Å². The Hall–Kier alpha value is -1.75. The fourth-order valence-corrected chi connectivity index (χ4v) is 1.49. The molecule has 1 rings (SSSR count). The van der Waals surface area contributed by atoms with E-state index >= 15 is 0 Å². The molecule has 3 N–H and O–H groups in total. The maximum atomic E-state index is 11.0. The van der Waals surface area contributed by atoms with E-state index in [1.165, 1.54) is 0 Å². The van der Waals surface area contributed by atoms with Crippen molar-refractivity contribution >= 4 is 5.97 Å². The van der Waals surface area contributed by atoms with Crippen molar-refractivity contribution in [3.8, 4) is 11.5 Å². The van der Waals surface area contributed by atoms with Crippen molar-refractivity contribution in [1.29, 1.82) is 0 Å². The van der Waals surface area contributed by atoms with Gasteiger partial charge in [0.25, 0.3) is 0 Å². The molecule has 0 aliphatic rings. The molecule has 0 saturated heterocycles. The molecular weight excluding hydrogens is 246 g/mol. The Morgan fingerprint density at radius 2 is 2.11 bits per heavy atom. The number of benzene rings is 1. The van der Waals surface area contributed by atoms with Crippen LogP contribution in [0.5, 0.6) is 11.5 Å². The van der Waals surface area contributed by atoms with Gasteiger partial charge in [-0.25, -0.2) is 0 Å². The SMILES string of the molecule is COc1ccc(OCC(C)(C)C(=O)O)c(CCN)c1. The van der Waals surface area contributed by atoms with Crippen LogP contribution in [0.3, 0.4) is 0 Å². The largest absolute Gasteiger partial charge is 0.497 e. The van der Waals surface area contributed by atoms with Crippen LogP contribution in [0.2, 0.25) is 0 Å². The van der Waals surface area contributed by atoms with Gasteiger partial charge >= 0.3 is 5.97 Å². The molecule has 5 nitrogen and oxygen atoms in total. The van der Waals surface area contributed by atoms with E-state index in [0.717, 1.165) is 11.3 Å². The lowest BCUT2D eigenvalue weighted by molar-refractivity contribution is -0.148. The van der Waals surface area contributed by atoms with Crippen molar-refractivity contribution in [2.75, 3.05) is 20.3 Å². The molecule has 0 spiro atoms. The van der Waals surface area contributed by atoms with Gasteiger partial charge in [-0.05, 0) is 50.6 Å². The summed E-state index contributed by atoms with van der Waals surface area (Å²) < 4.78 is 10.8. The number of carbonyl (C=O) groups is 1. The van der Waals surface area contributed by atoms with Crippen LogP contribution in [-0.2, 0) is 11.2 Å². The average Bonchev–Trinajstić information content (AvgIpc) is 2.37. The second-order valence-electron chi connectivity index (χ2n) is 4.99. The number of aliphatic carboxylic acids is 1. The Bertz CT molecular complexity index is 443. The lowest BCUT2D eigenvalue weighted by Crippen LogP contribution is -2.30. The predicted molar refractivity (Wildman–Crippen MR) is 72.7 cm³/mol. The first-order valence-electron chi connectivity index (χ1n) is 6.14. The number of ether oxygens (including phenoxy) is 2. The van der Waals surface area contributed by atoms with E-state index in [1.807, 2.05) is 6.07 Å². The zero-order valence-corrected chi connectivity index (χ0v) is 11.6. The van der Waals surface area contributed by atoms with Crippen LogP contribution in [0.1, 0.15) is 19.4 Å². The van der Waals surface area contributed by atoms with Crippen molar-refractivity contribution in [3.63, 3.8) is 0 Å². The minimum Gasteiger partial charge on any atom is -0.497 e. The summed E-state index contributed by atoms with van der Waals surface area (Å²) in [7, 11) is 1.59. The lowest BCUT2D eigenvalue weighted by Gasteiger charge is -2.21. The van der Waals surface area contributed by atoms with E-state index in [9.17, 15) is 4.79 Å². The van der Waals surface area contributed by atoms with Gasteiger partial charge in [0.2, 0.25) is 0 Å². The number of hydrogen-bond donors (Lipinski definition) is 2. The highest BCUT2D eigenvalue weighted by Gasteiger charge is 2.28. The van der Waals surface area contributed by atoms with E-state index in [4.69, 9.17) is 20.3 Å². The summed E-state index contributed by atoms with van der Waals surface area (Å²) in [6, 6.07) is 5.42. The molecule has 1 aromatic rings. The second kappa shape index (κ2) is 6.43. The second-order valence-corrected chi connectivity index (χ2v) is 4.99. The third kappa shape index (κ3) is 4.13. The maximum absolute atomic E-state index is 11.0. The predicted octanol–water partition coefficient (Wildman–Crippen LogP) is 1.69. The van der Waals surface area contributed by atoms with Gasteiger partial charge in [0.1, 0.15) is 18.1 Å². The van der Waals surface area contributed by atoms with Gasteiger partial charge in [-0.1, -0.05) is 0 Å². The topological polar surface area (TPSA) is 81.8 Å². The molecule has 0 aliphatic heterocycles. The molecule has 0 saturated carbocycles. The molecule has 0 atom stereocenters. The fourth-order valence-electron chi connectivity index (χ4n) is 1.49. The molecule has 5 heteroatoms. The molecule has 0 aliphatic carbocycles. The summed E-state index contributed by atoms with van der Waals surface area (Å²) in [6.45, 7) is 3.85. The standard InChI is InChI=1S/C14H21NO4/c1-14(2,13(16)17)9-19-12-5-4-11(18-3)8-10(12)6-7-15/h4-5,8H,6-7,9,15H2,1-3H3,(H,16,17). The molecule has 0 radical (unpaired) electrons. The third-order valence-corrected chi connectivity index (χ3v) is 2.85. The molecule has 0 aromatic heterocycles. The van der Waals surface area contributed by atoms with Crippen LogP contribution in [-0.4, -0.2) is 31.3 Å². The molecule has 0 fully saturated rings. The van der Waals surface area contributed by atoms with Crippen LogP contribution < -0.4 is 15.2 Å². The van der Waals surface area contributed by atoms with E-state index in [1.54, 1.807) is 33.1 Å². The van der Waals surface area contributed by atoms with Crippen molar-refractivity contribution < 1.29 is 19.4 Å². The molecule has 106 valence electrons. The minimum absolute atomic E-state index is 0.103. The van der Waals surface area contributed by atoms with Crippen LogP contribution >= 0.6 is 0 Å². The van der Waals surface area contributed by atoms with Gasteiger partial charge in [-0.2, -0.15) is 0 Å². The number of rotatable bonds is 7. The summed E-state index contributed by atoms with van der Waals surface area (Å²) in [5.74, 6) is 0.496. The van der Waals surface area contributed by atoms with Crippen LogP contribution in [0.4, 0.5) is 0 Å². The van der Waals surface area contributed by atoms with Crippen LogP contribution in [0.15, 0.2) is 18.2 Å². The Kier molecular flexibility index (Phi) is 5.18. The number of hydrogen-bond acceptors (Lipinski definition) is 4. The van der Waals surface area contributed by atoms with Crippen LogP contribution in [0.25, 0.3) is 0 Å². The molecule has 1 aromatic carbocycles. The highest BCUT2D eigenvalue weighted by atomic mass is 16.5. The summed E-state index contributed by atoms with van der Waals surface area (Å²) in [4.78, 5) is 11.0. The average molecular weight is 267 g/mol. The van der Waals surface area contributed by atoms with E-state index in [0.29, 0.717) is 18.7 Å². The Morgan fingerprint density at radius 1 is 1.42 bits per heavy atom. The zero-order chi connectivity index (χ0) is 14.5.